The van der Waals surface area contributed by atoms with Crippen molar-refractivity contribution in [2.45, 2.75) is 38.1 Å². The Kier molecular flexibility index (Phi) is 2.28. The summed E-state index contributed by atoms with van der Waals surface area (Å²) in [6, 6.07) is 9.97. The quantitative estimate of drug-likeness (QED) is 0.736. The molecule has 0 radical (unpaired) electrons. The minimum absolute atomic E-state index is 0.793. The van der Waals surface area contributed by atoms with Crippen LogP contribution in [-0.4, -0.2) is 12.6 Å². The second kappa shape index (κ2) is 3.64. The van der Waals surface area contributed by atoms with Crippen molar-refractivity contribution in [3.8, 4) is 0 Å². The lowest BCUT2D eigenvalue weighted by Crippen LogP contribution is -2.48. The molecule has 15 heavy (non-hydrogen) atoms. The monoisotopic (exact) mass is 201 g/mol. The molecule has 1 nitrogen and oxygen atoms in total. The molecule has 1 heteroatoms. The fourth-order valence-corrected chi connectivity index (χ4v) is 3.20. The Balaban J connectivity index is 1.85. The molecule has 1 aromatic rings. The number of rotatable bonds is 1. The zero-order valence-corrected chi connectivity index (χ0v) is 9.37. The minimum Gasteiger partial charge on any atom is -0.314 e. The van der Waals surface area contributed by atoms with Gasteiger partial charge in [-0.25, -0.2) is 0 Å². The molecule has 0 amide bonds. The van der Waals surface area contributed by atoms with E-state index in [0.29, 0.717) is 0 Å². The summed E-state index contributed by atoms with van der Waals surface area (Å²) in [7, 11) is 0. The summed E-state index contributed by atoms with van der Waals surface area (Å²) < 4.78 is 0. The Hall–Kier alpha value is -0.820. The Labute approximate surface area is 91.9 Å². The Morgan fingerprint density at radius 3 is 2.47 bits per heavy atom. The highest BCUT2D eigenvalue weighted by Crippen LogP contribution is 2.40. The fraction of sp³-hybridized carbons (Fsp3) is 0.571. The van der Waals surface area contributed by atoms with Crippen LogP contribution in [0.4, 0.5) is 0 Å². The maximum Gasteiger partial charge on any atom is 0.00732 e. The van der Waals surface area contributed by atoms with E-state index in [2.05, 4.69) is 36.5 Å². The van der Waals surface area contributed by atoms with E-state index >= 15 is 0 Å². The molecule has 2 heterocycles. The summed E-state index contributed by atoms with van der Waals surface area (Å²) in [5, 5.41) is 3.63. The third-order valence-electron chi connectivity index (χ3n) is 4.17. The predicted molar refractivity (Wildman–Crippen MR) is 63.1 cm³/mol. The summed E-state index contributed by atoms with van der Waals surface area (Å²) in [4.78, 5) is 0. The van der Waals surface area contributed by atoms with Crippen molar-refractivity contribution in [1.29, 1.82) is 0 Å². The first-order valence-corrected chi connectivity index (χ1v) is 6.13. The van der Waals surface area contributed by atoms with E-state index in [1.165, 1.54) is 31.4 Å². The molecule has 4 rings (SSSR count). The van der Waals surface area contributed by atoms with E-state index < -0.39 is 0 Å². The van der Waals surface area contributed by atoms with Gasteiger partial charge in [0.1, 0.15) is 0 Å². The lowest BCUT2D eigenvalue weighted by atomic mass is 9.70. The van der Waals surface area contributed by atoms with Crippen molar-refractivity contribution >= 4 is 0 Å². The smallest absolute Gasteiger partial charge is 0.00732 e. The molecule has 1 aliphatic carbocycles. The summed E-state index contributed by atoms with van der Waals surface area (Å²) in [5.74, 6) is 1.71. The van der Waals surface area contributed by atoms with Crippen molar-refractivity contribution < 1.29 is 0 Å². The van der Waals surface area contributed by atoms with E-state index in [-0.39, 0.29) is 0 Å². The largest absolute Gasteiger partial charge is 0.314 e. The standard InChI is InChI=1S/C14H19N/c1-10-2-4-11(5-3-10)14-8-13-7-6-12(14)9-15-13/h2-5,12-15H,6-9H2,1H3. The number of fused-ring (bicyclic) bond motifs is 3. The van der Waals surface area contributed by atoms with Gasteiger partial charge in [0.05, 0.1) is 0 Å². The van der Waals surface area contributed by atoms with Gasteiger partial charge in [0, 0.05) is 6.04 Å². The van der Waals surface area contributed by atoms with E-state index in [0.717, 1.165) is 17.9 Å². The summed E-state index contributed by atoms with van der Waals surface area (Å²) >= 11 is 0. The second-order valence-electron chi connectivity index (χ2n) is 5.20. The molecule has 2 aliphatic heterocycles. The van der Waals surface area contributed by atoms with Crippen LogP contribution < -0.4 is 5.32 Å². The number of benzene rings is 1. The van der Waals surface area contributed by atoms with Crippen molar-refractivity contribution in [3.05, 3.63) is 35.4 Å². The fourth-order valence-electron chi connectivity index (χ4n) is 3.20. The van der Waals surface area contributed by atoms with Gasteiger partial charge >= 0.3 is 0 Å². The van der Waals surface area contributed by atoms with Crippen LogP contribution >= 0.6 is 0 Å². The second-order valence-corrected chi connectivity index (χ2v) is 5.20. The Morgan fingerprint density at radius 2 is 1.93 bits per heavy atom. The van der Waals surface area contributed by atoms with Gasteiger partial charge in [0.2, 0.25) is 0 Å². The number of hydrogen-bond acceptors (Lipinski definition) is 1. The molecule has 2 bridgehead atoms. The predicted octanol–water partition coefficient (Wildman–Crippen LogP) is 2.85. The van der Waals surface area contributed by atoms with Crippen LogP contribution in [0.15, 0.2) is 24.3 Å². The SMILES string of the molecule is Cc1ccc(C2CC3CCC2CN3)cc1. The normalized spacial score (nSPS) is 34.3. The summed E-state index contributed by atoms with van der Waals surface area (Å²) in [5.41, 5.74) is 2.94. The van der Waals surface area contributed by atoms with Crippen molar-refractivity contribution in [2.24, 2.45) is 5.92 Å². The molecule has 1 N–H and O–H groups in total. The maximum atomic E-state index is 3.63. The zero-order chi connectivity index (χ0) is 10.3. The zero-order valence-electron chi connectivity index (χ0n) is 9.37. The minimum atomic E-state index is 0.793. The molecule has 2 saturated heterocycles. The molecule has 3 atom stereocenters. The van der Waals surface area contributed by atoms with Gasteiger partial charge in [-0.1, -0.05) is 29.8 Å². The first-order chi connectivity index (χ1) is 7.33. The summed E-state index contributed by atoms with van der Waals surface area (Å²) in [6.07, 6.45) is 4.18. The molecule has 3 aliphatic rings. The number of piperidine rings is 2. The van der Waals surface area contributed by atoms with Crippen LogP contribution in [0.3, 0.4) is 0 Å². The van der Waals surface area contributed by atoms with Crippen LogP contribution in [0.5, 0.6) is 0 Å². The average Bonchev–Trinajstić information content (AvgIpc) is 2.31. The lowest BCUT2D eigenvalue weighted by molar-refractivity contribution is 0.180. The van der Waals surface area contributed by atoms with Crippen LogP contribution in [-0.2, 0) is 0 Å². The molecule has 3 fully saturated rings. The first kappa shape index (κ1) is 9.41. The van der Waals surface area contributed by atoms with Gasteiger partial charge in [-0.2, -0.15) is 0 Å². The highest BCUT2D eigenvalue weighted by atomic mass is 14.9. The summed E-state index contributed by atoms with van der Waals surface area (Å²) in [6.45, 7) is 3.40. The lowest BCUT2D eigenvalue weighted by Gasteiger charge is -2.43. The van der Waals surface area contributed by atoms with Gasteiger partial charge in [0.25, 0.3) is 0 Å². The molecule has 0 spiro atoms. The molecule has 80 valence electrons. The molecule has 1 aromatic carbocycles. The average molecular weight is 201 g/mol. The number of hydrogen-bond donors (Lipinski definition) is 1. The van der Waals surface area contributed by atoms with Crippen LogP contribution in [0.1, 0.15) is 36.3 Å². The van der Waals surface area contributed by atoms with Crippen molar-refractivity contribution in [2.75, 3.05) is 6.54 Å². The van der Waals surface area contributed by atoms with Gasteiger partial charge in [0.15, 0.2) is 0 Å². The number of aryl methyl sites for hydroxylation is 1. The number of nitrogens with one attached hydrogen (secondary N) is 1. The van der Waals surface area contributed by atoms with Crippen molar-refractivity contribution in [3.63, 3.8) is 0 Å². The third-order valence-corrected chi connectivity index (χ3v) is 4.17. The topological polar surface area (TPSA) is 12.0 Å². The van der Waals surface area contributed by atoms with Gasteiger partial charge in [-0.05, 0) is 50.1 Å². The van der Waals surface area contributed by atoms with Crippen molar-refractivity contribution in [1.82, 2.24) is 5.32 Å². The first-order valence-electron chi connectivity index (χ1n) is 6.13. The highest BCUT2D eigenvalue weighted by molar-refractivity contribution is 5.26. The molecule has 1 saturated carbocycles. The van der Waals surface area contributed by atoms with E-state index in [9.17, 15) is 0 Å². The van der Waals surface area contributed by atoms with E-state index in [1.54, 1.807) is 5.56 Å². The van der Waals surface area contributed by atoms with E-state index in [4.69, 9.17) is 0 Å². The maximum absolute atomic E-state index is 3.63. The molecule has 3 unspecified atom stereocenters. The molecule has 0 aromatic heterocycles. The van der Waals surface area contributed by atoms with Crippen LogP contribution in [0, 0.1) is 12.8 Å². The molecular formula is C14H19N. The van der Waals surface area contributed by atoms with Crippen LogP contribution in [0.25, 0.3) is 0 Å². The van der Waals surface area contributed by atoms with E-state index in [1.807, 2.05) is 0 Å². The Morgan fingerprint density at radius 1 is 1.13 bits per heavy atom. The highest BCUT2D eigenvalue weighted by Gasteiger charge is 2.35. The van der Waals surface area contributed by atoms with Crippen LogP contribution in [0.2, 0.25) is 0 Å². The van der Waals surface area contributed by atoms with Gasteiger partial charge in [-0.3, -0.25) is 0 Å². The third kappa shape index (κ3) is 1.69. The Bertz CT molecular complexity index is 333. The molecular weight excluding hydrogens is 182 g/mol. The van der Waals surface area contributed by atoms with Gasteiger partial charge < -0.3 is 5.32 Å². The van der Waals surface area contributed by atoms with Gasteiger partial charge in [-0.15, -0.1) is 0 Å².